The number of benzene rings is 1. The molecule has 1 saturated heterocycles. The molecule has 0 radical (unpaired) electrons. The summed E-state index contributed by atoms with van der Waals surface area (Å²) in [5, 5.41) is 0. The van der Waals surface area contributed by atoms with Gasteiger partial charge in [0.1, 0.15) is 5.82 Å². The van der Waals surface area contributed by atoms with Crippen LogP contribution in [0.5, 0.6) is 0 Å². The Hall–Kier alpha value is -2.14. The summed E-state index contributed by atoms with van der Waals surface area (Å²) in [5.41, 5.74) is 3.83. The summed E-state index contributed by atoms with van der Waals surface area (Å²) in [6.45, 7) is 3.66. The number of piperidine rings is 1. The number of nitrogens with zero attached hydrogens (tertiary/aromatic N) is 4. The molecule has 7 nitrogen and oxygen atoms in total. The number of hydrogen-bond donors (Lipinski definition) is 2. The molecule has 2 aromatic rings. The van der Waals surface area contributed by atoms with Gasteiger partial charge >= 0.3 is 0 Å². The van der Waals surface area contributed by atoms with Crippen molar-refractivity contribution < 1.29 is 22.6 Å². The molecule has 0 bridgehead atoms. The lowest BCUT2D eigenvalue weighted by Crippen LogP contribution is -2.37. The van der Waals surface area contributed by atoms with Crippen molar-refractivity contribution in [1.82, 2.24) is 4.98 Å². The minimum absolute atomic E-state index is 0.0871. The molecule has 2 N–H and O–H groups in total. The van der Waals surface area contributed by atoms with Gasteiger partial charge in [0, 0.05) is 51.7 Å². The summed E-state index contributed by atoms with van der Waals surface area (Å²) in [6.07, 6.45) is 1.99. The minimum Gasteiger partial charge on any atom is -0.381 e. The van der Waals surface area contributed by atoms with Crippen molar-refractivity contribution in [2.24, 2.45) is 5.92 Å². The van der Waals surface area contributed by atoms with Gasteiger partial charge in [0.2, 0.25) is 0 Å². The van der Waals surface area contributed by atoms with Crippen LogP contribution in [0.15, 0.2) is 30.3 Å². The Kier molecular flexibility index (Phi) is 5.47. The summed E-state index contributed by atoms with van der Waals surface area (Å²) in [6, 6.07) is 9.60. The van der Waals surface area contributed by atoms with Gasteiger partial charge in [-0.05, 0) is 54.5 Å². The van der Waals surface area contributed by atoms with Gasteiger partial charge in [-0.1, -0.05) is 12.1 Å². The zero-order chi connectivity index (χ0) is 23.5. The number of alkyl halides is 2. The fourth-order valence-corrected chi connectivity index (χ4v) is 6.22. The Morgan fingerprint density at radius 2 is 1.85 bits per heavy atom. The van der Waals surface area contributed by atoms with E-state index < -0.39 is 22.8 Å². The fourth-order valence-electron chi connectivity index (χ4n) is 4.72. The van der Waals surface area contributed by atoms with Gasteiger partial charge in [0.25, 0.3) is 5.92 Å². The monoisotopic (exact) mass is 480 g/mol. The number of hydrogen-bond acceptors (Lipinski definition) is 7. The van der Waals surface area contributed by atoms with Crippen molar-refractivity contribution in [1.29, 1.82) is 0 Å². The maximum absolute atomic E-state index is 13.5. The second-order valence-corrected chi connectivity index (χ2v) is 11.1. The molecular formula is C23H30F2N4O3S. The van der Waals surface area contributed by atoms with E-state index in [4.69, 9.17) is 9.72 Å². The molecule has 1 atom stereocenters. The number of aromatic nitrogens is 1. The van der Waals surface area contributed by atoms with Gasteiger partial charge in [-0.3, -0.25) is 17.7 Å². The highest BCUT2D eigenvalue weighted by atomic mass is 32.3. The molecule has 10 heteroatoms. The van der Waals surface area contributed by atoms with Gasteiger partial charge in [-0.25, -0.2) is 13.8 Å². The smallest absolute Gasteiger partial charge is 0.253 e. The third kappa shape index (κ3) is 3.92. The van der Waals surface area contributed by atoms with Crippen LogP contribution >= 0.6 is 11.0 Å². The SMILES string of the molecule is COC1CCN(c2ccc(C)c(-c3ccc4c(c3)N(C)S(O)(O)N4CC3CC3(F)F)n2)CC1. The van der Waals surface area contributed by atoms with E-state index in [0.717, 1.165) is 48.6 Å². The van der Waals surface area contributed by atoms with Crippen LogP contribution in [0.25, 0.3) is 11.3 Å². The third-order valence-corrected chi connectivity index (χ3v) is 8.91. The first kappa shape index (κ1) is 22.6. The van der Waals surface area contributed by atoms with Crippen LogP contribution in [0.3, 0.4) is 0 Å². The van der Waals surface area contributed by atoms with Crippen LogP contribution in [-0.4, -0.2) is 59.9 Å². The van der Waals surface area contributed by atoms with Gasteiger partial charge in [-0.2, -0.15) is 0 Å². The topological polar surface area (TPSA) is 72.3 Å². The minimum atomic E-state index is -3.38. The normalized spacial score (nSPS) is 24.7. The standard InChI is InChI=1S/C23H30F2N4O3S/c1-15-4-7-21(28-10-8-18(32-3)9-11-28)26-22(15)16-5-6-19-20(12-16)27(2)33(30,31)29(19)14-17-13-23(17,24)25/h4-7,12,17-18,30-31H,8-11,13-14H2,1-3H3. The molecule has 1 unspecified atom stereocenters. The lowest BCUT2D eigenvalue weighted by molar-refractivity contribution is 0.0818. The number of anilines is 3. The van der Waals surface area contributed by atoms with E-state index in [-0.39, 0.29) is 19.1 Å². The lowest BCUT2D eigenvalue weighted by Gasteiger charge is -2.42. The van der Waals surface area contributed by atoms with Crippen LogP contribution in [0.2, 0.25) is 0 Å². The number of fused-ring (bicyclic) bond motifs is 1. The second kappa shape index (κ2) is 7.97. The summed E-state index contributed by atoms with van der Waals surface area (Å²) in [7, 11) is -0.0466. The molecule has 0 spiro atoms. The van der Waals surface area contributed by atoms with Crippen molar-refractivity contribution in [3.63, 3.8) is 0 Å². The first-order chi connectivity index (χ1) is 15.6. The molecule has 3 heterocycles. The predicted molar refractivity (Wildman–Crippen MR) is 128 cm³/mol. The summed E-state index contributed by atoms with van der Waals surface area (Å²) < 4.78 is 56.8. The van der Waals surface area contributed by atoms with Gasteiger partial charge < -0.3 is 9.64 Å². The quantitative estimate of drug-likeness (QED) is 0.612. The maximum atomic E-state index is 13.5. The fraction of sp³-hybridized carbons (Fsp3) is 0.522. The Balaban J connectivity index is 1.44. The molecule has 1 aliphatic carbocycles. The highest BCUT2D eigenvalue weighted by Crippen LogP contribution is 2.63. The zero-order valence-corrected chi connectivity index (χ0v) is 19.9. The molecule has 1 aromatic heterocycles. The molecule has 2 aliphatic heterocycles. The van der Waals surface area contributed by atoms with Gasteiger partial charge in [0.15, 0.2) is 0 Å². The average Bonchev–Trinajstić information content (AvgIpc) is 3.37. The summed E-state index contributed by atoms with van der Waals surface area (Å²) in [4.78, 5) is 7.19. The zero-order valence-electron chi connectivity index (χ0n) is 19.0. The van der Waals surface area contributed by atoms with E-state index in [0.29, 0.717) is 11.4 Å². The molecule has 33 heavy (non-hydrogen) atoms. The van der Waals surface area contributed by atoms with Crippen LogP contribution in [-0.2, 0) is 4.74 Å². The van der Waals surface area contributed by atoms with E-state index in [1.807, 2.05) is 31.2 Å². The third-order valence-electron chi connectivity index (χ3n) is 7.04. The van der Waals surface area contributed by atoms with E-state index in [2.05, 4.69) is 4.90 Å². The molecule has 1 saturated carbocycles. The lowest BCUT2D eigenvalue weighted by atomic mass is 10.0. The predicted octanol–water partition coefficient (Wildman–Crippen LogP) is 5.16. The number of ether oxygens (including phenoxy) is 1. The number of methoxy groups -OCH3 is 1. The Labute approximate surface area is 194 Å². The number of aryl methyl sites for hydroxylation is 1. The van der Waals surface area contributed by atoms with Crippen LogP contribution < -0.4 is 13.5 Å². The molecule has 2 fully saturated rings. The number of rotatable bonds is 5. The van der Waals surface area contributed by atoms with Crippen LogP contribution in [0.1, 0.15) is 24.8 Å². The maximum Gasteiger partial charge on any atom is 0.253 e. The van der Waals surface area contributed by atoms with Crippen molar-refractivity contribution >= 4 is 28.2 Å². The van der Waals surface area contributed by atoms with Crippen molar-refractivity contribution in [3.8, 4) is 11.3 Å². The van der Waals surface area contributed by atoms with Crippen molar-refractivity contribution in [2.75, 3.05) is 47.3 Å². The first-order valence-electron chi connectivity index (χ1n) is 11.2. The van der Waals surface area contributed by atoms with E-state index >= 15 is 0 Å². The molecular weight excluding hydrogens is 450 g/mol. The number of pyridine rings is 1. The number of halogens is 2. The van der Waals surface area contributed by atoms with Crippen LogP contribution in [0, 0.1) is 12.8 Å². The highest BCUT2D eigenvalue weighted by Gasteiger charge is 2.59. The molecule has 3 aliphatic rings. The Morgan fingerprint density at radius 1 is 1.15 bits per heavy atom. The Morgan fingerprint density at radius 3 is 2.48 bits per heavy atom. The van der Waals surface area contributed by atoms with E-state index in [1.54, 1.807) is 20.2 Å². The van der Waals surface area contributed by atoms with E-state index in [1.165, 1.54) is 8.61 Å². The molecule has 180 valence electrons. The summed E-state index contributed by atoms with van der Waals surface area (Å²) >= 11 is 0. The molecule has 0 amide bonds. The second-order valence-electron chi connectivity index (χ2n) is 9.17. The molecule has 1 aromatic carbocycles. The van der Waals surface area contributed by atoms with Crippen molar-refractivity contribution in [2.45, 2.75) is 38.2 Å². The van der Waals surface area contributed by atoms with Gasteiger partial charge in [-0.15, -0.1) is 0 Å². The van der Waals surface area contributed by atoms with E-state index in [9.17, 15) is 17.9 Å². The van der Waals surface area contributed by atoms with Crippen LogP contribution in [0.4, 0.5) is 26.0 Å². The first-order valence-corrected chi connectivity index (χ1v) is 12.7. The molecule has 5 rings (SSSR count). The largest absolute Gasteiger partial charge is 0.381 e. The van der Waals surface area contributed by atoms with Gasteiger partial charge in [0.05, 0.1) is 23.2 Å². The highest BCUT2D eigenvalue weighted by molar-refractivity contribution is 8.26. The average molecular weight is 481 g/mol. The Bertz CT molecular complexity index is 1060. The summed E-state index contributed by atoms with van der Waals surface area (Å²) in [5.74, 6) is -2.68. The van der Waals surface area contributed by atoms with Crippen molar-refractivity contribution in [3.05, 3.63) is 35.9 Å².